The van der Waals surface area contributed by atoms with Gasteiger partial charge in [-0.25, -0.2) is 0 Å². The minimum Gasteiger partial charge on any atom is -0.380 e. The Hall–Kier alpha value is -2.22. The van der Waals surface area contributed by atoms with E-state index >= 15 is 0 Å². The second kappa shape index (κ2) is 5.70. The van der Waals surface area contributed by atoms with Crippen LogP contribution in [0.5, 0.6) is 0 Å². The van der Waals surface area contributed by atoms with Gasteiger partial charge in [-0.2, -0.15) is 5.10 Å². The summed E-state index contributed by atoms with van der Waals surface area (Å²) in [6, 6.07) is 2.08. The number of nitrogens with zero attached hydrogens (tertiary/aromatic N) is 5. The normalized spacial score (nSPS) is 19.1. The molecule has 1 saturated carbocycles. The van der Waals surface area contributed by atoms with E-state index in [0.29, 0.717) is 24.7 Å². The van der Waals surface area contributed by atoms with E-state index in [-0.39, 0.29) is 11.3 Å². The van der Waals surface area contributed by atoms with Crippen LogP contribution < -0.4 is 5.32 Å². The van der Waals surface area contributed by atoms with Crippen molar-refractivity contribution >= 4 is 5.91 Å². The van der Waals surface area contributed by atoms with E-state index in [1.807, 2.05) is 11.7 Å². The van der Waals surface area contributed by atoms with E-state index < -0.39 is 0 Å². The third-order valence-corrected chi connectivity index (χ3v) is 4.61. The molecule has 2 aliphatic rings. The standard InChI is InChI=1S/C16H22N6O2/c1-16(9-24-10-16)8-22-7-13(18-20-22)15(23)17-6-12-5-14(11-3-4-11)21(2)19-12/h5,7,11H,3-4,6,8-10H2,1-2H3,(H,17,23). The lowest BCUT2D eigenvalue weighted by Gasteiger charge is -2.37. The van der Waals surface area contributed by atoms with Crippen LogP contribution in [0.3, 0.4) is 0 Å². The fourth-order valence-electron chi connectivity index (χ4n) is 3.06. The maximum atomic E-state index is 12.2. The summed E-state index contributed by atoms with van der Waals surface area (Å²) in [5.41, 5.74) is 2.55. The number of rotatable bonds is 6. The second-order valence-electron chi connectivity index (χ2n) is 7.25. The molecule has 0 radical (unpaired) electrons. The van der Waals surface area contributed by atoms with Crippen LogP contribution in [0.2, 0.25) is 0 Å². The van der Waals surface area contributed by atoms with E-state index in [1.165, 1.54) is 18.5 Å². The molecule has 4 rings (SSSR count). The van der Waals surface area contributed by atoms with Gasteiger partial charge >= 0.3 is 0 Å². The lowest BCUT2D eigenvalue weighted by atomic mass is 9.89. The van der Waals surface area contributed by atoms with E-state index in [9.17, 15) is 4.79 Å². The molecule has 3 heterocycles. The Morgan fingerprint density at radius 1 is 1.46 bits per heavy atom. The molecule has 1 aliphatic heterocycles. The van der Waals surface area contributed by atoms with Crippen LogP contribution in [-0.4, -0.2) is 43.9 Å². The highest BCUT2D eigenvalue weighted by molar-refractivity contribution is 5.91. The van der Waals surface area contributed by atoms with Crippen molar-refractivity contribution in [3.63, 3.8) is 0 Å². The molecule has 0 unspecified atom stereocenters. The number of amides is 1. The Bertz CT molecular complexity index is 756. The van der Waals surface area contributed by atoms with Crippen LogP contribution in [0.1, 0.15) is 47.6 Å². The van der Waals surface area contributed by atoms with E-state index in [1.54, 1.807) is 10.9 Å². The molecule has 0 aromatic carbocycles. The zero-order chi connectivity index (χ0) is 16.7. The van der Waals surface area contributed by atoms with E-state index in [2.05, 4.69) is 33.7 Å². The van der Waals surface area contributed by atoms with Crippen LogP contribution >= 0.6 is 0 Å². The van der Waals surface area contributed by atoms with Gasteiger partial charge in [0, 0.05) is 24.1 Å². The smallest absolute Gasteiger partial charge is 0.273 e. The van der Waals surface area contributed by atoms with Gasteiger partial charge in [-0.1, -0.05) is 12.1 Å². The predicted octanol–water partition coefficient (Wildman–Crippen LogP) is 0.855. The van der Waals surface area contributed by atoms with Gasteiger partial charge in [-0.05, 0) is 18.9 Å². The molecule has 0 atom stereocenters. The first-order valence-corrected chi connectivity index (χ1v) is 8.31. The Balaban J connectivity index is 1.34. The van der Waals surface area contributed by atoms with Gasteiger partial charge in [0.1, 0.15) is 0 Å². The van der Waals surface area contributed by atoms with Gasteiger partial charge in [0.15, 0.2) is 5.69 Å². The minimum absolute atomic E-state index is 0.0919. The van der Waals surface area contributed by atoms with Gasteiger partial charge in [-0.15, -0.1) is 5.10 Å². The number of ether oxygens (including phenoxy) is 1. The molecule has 1 amide bonds. The third kappa shape index (κ3) is 3.06. The average molecular weight is 330 g/mol. The van der Waals surface area contributed by atoms with Crippen LogP contribution in [0.15, 0.2) is 12.3 Å². The van der Waals surface area contributed by atoms with Crippen molar-refractivity contribution in [1.82, 2.24) is 30.1 Å². The first kappa shape index (κ1) is 15.3. The summed E-state index contributed by atoms with van der Waals surface area (Å²) in [5, 5.41) is 15.3. The molecule has 2 fully saturated rings. The predicted molar refractivity (Wildman–Crippen MR) is 85.3 cm³/mol. The molecule has 24 heavy (non-hydrogen) atoms. The Labute approximate surface area is 140 Å². The molecule has 8 nitrogen and oxygen atoms in total. The van der Waals surface area contributed by atoms with Crippen molar-refractivity contribution in [3.05, 3.63) is 29.3 Å². The maximum absolute atomic E-state index is 12.2. The van der Waals surface area contributed by atoms with Crippen LogP contribution in [0.25, 0.3) is 0 Å². The lowest BCUT2D eigenvalue weighted by molar-refractivity contribution is -0.111. The maximum Gasteiger partial charge on any atom is 0.273 e. The molecule has 8 heteroatoms. The van der Waals surface area contributed by atoms with Gasteiger partial charge in [0.2, 0.25) is 0 Å². The Kier molecular flexibility index (Phi) is 3.64. The van der Waals surface area contributed by atoms with Gasteiger partial charge in [0.25, 0.3) is 5.91 Å². The highest BCUT2D eigenvalue weighted by Crippen LogP contribution is 2.39. The SMILES string of the molecule is Cn1nc(CNC(=O)c2cn(CC3(C)COC3)nn2)cc1C1CC1. The quantitative estimate of drug-likeness (QED) is 0.849. The topological polar surface area (TPSA) is 86.9 Å². The summed E-state index contributed by atoms with van der Waals surface area (Å²) in [6.45, 7) is 4.68. The highest BCUT2D eigenvalue weighted by atomic mass is 16.5. The largest absolute Gasteiger partial charge is 0.380 e. The molecule has 128 valence electrons. The fraction of sp³-hybridized carbons (Fsp3) is 0.625. The van der Waals surface area contributed by atoms with Gasteiger partial charge in [0.05, 0.1) is 38.2 Å². The number of carbonyl (C=O) groups excluding carboxylic acids is 1. The number of nitrogens with one attached hydrogen (secondary N) is 1. The Morgan fingerprint density at radius 2 is 2.25 bits per heavy atom. The van der Waals surface area contributed by atoms with Crippen LogP contribution in [0.4, 0.5) is 0 Å². The molecule has 1 N–H and O–H groups in total. The van der Waals surface area contributed by atoms with E-state index in [0.717, 1.165) is 18.9 Å². The zero-order valence-corrected chi connectivity index (χ0v) is 14.0. The number of carbonyl (C=O) groups is 1. The summed E-state index contributed by atoms with van der Waals surface area (Å²) in [4.78, 5) is 12.2. The molecule has 0 spiro atoms. The molecule has 2 aromatic heterocycles. The number of aryl methyl sites for hydroxylation is 1. The third-order valence-electron chi connectivity index (χ3n) is 4.61. The summed E-state index contributed by atoms with van der Waals surface area (Å²) in [6.07, 6.45) is 4.16. The molecule has 1 aliphatic carbocycles. The lowest BCUT2D eigenvalue weighted by Crippen LogP contribution is -2.43. The second-order valence-corrected chi connectivity index (χ2v) is 7.25. The molecule has 2 aromatic rings. The zero-order valence-electron chi connectivity index (χ0n) is 14.0. The van der Waals surface area contributed by atoms with Crippen molar-refractivity contribution in [1.29, 1.82) is 0 Å². The first-order chi connectivity index (χ1) is 11.5. The fourth-order valence-corrected chi connectivity index (χ4v) is 3.06. The molecule has 0 bridgehead atoms. The number of hydrogen-bond donors (Lipinski definition) is 1. The average Bonchev–Trinajstić information content (AvgIpc) is 3.15. The highest BCUT2D eigenvalue weighted by Gasteiger charge is 2.34. The van der Waals surface area contributed by atoms with Crippen LogP contribution in [-0.2, 0) is 24.9 Å². The van der Waals surface area contributed by atoms with Gasteiger partial charge < -0.3 is 10.1 Å². The molecule has 1 saturated heterocycles. The molecular weight excluding hydrogens is 308 g/mol. The summed E-state index contributed by atoms with van der Waals surface area (Å²) < 4.78 is 8.86. The molecular formula is C16H22N6O2. The summed E-state index contributed by atoms with van der Waals surface area (Å²) in [7, 11) is 1.95. The monoisotopic (exact) mass is 330 g/mol. The Morgan fingerprint density at radius 3 is 2.92 bits per heavy atom. The summed E-state index contributed by atoms with van der Waals surface area (Å²) in [5.74, 6) is 0.415. The van der Waals surface area contributed by atoms with Crippen molar-refractivity contribution in [3.8, 4) is 0 Å². The van der Waals surface area contributed by atoms with Crippen LogP contribution in [0, 0.1) is 5.41 Å². The van der Waals surface area contributed by atoms with Crippen molar-refractivity contribution < 1.29 is 9.53 Å². The van der Waals surface area contributed by atoms with Crippen molar-refractivity contribution in [2.45, 2.75) is 38.8 Å². The minimum atomic E-state index is -0.227. The van der Waals surface area contributed by atoms with Crippen molar-refractivity contribution in [2.75, 3.05) is 13.2 Å². The van der Waals surface area contributed by atoms with Crippen molar-refractivity contribution in [2.24, 2.45) is 12.5 Å². The first-order valence-electron chi connectivity index (χ1n) is 8.31. The van der Waals surface area contributed by atoms with Gasteiger partial charge in [-0.3, -0.25) is 14.2 Å². The number of hydrogen-bond acceptors (Lipinski definition) is 5. The van der Waals surface area contributed by atoms with E-state index in [4.69, 9.17) is 4.74 Å². The summed E-state index contributed by atoms with van der Waals surface area (Å²) >= 11 is 0. The number of aromatic nitrogens is 5.